The first kappa shape index (κ1) is 48.5. The summed E-state index contributed by atoms with van der Waals surface area (Å²) >= 11 is 0. The zero-order valence-electron chi connectivity index (χ0n) is 33.6. The number of ether oxygens (including phenoxy) is 3. The number of likely N-dealkylation sites (N-methyl/N-ethyl adjacent to an activating group) is 1. The van der Waals surface area contributed by atoms with Crippen molar-refractivity contribution in [2.24, 2.45) is 0 Å². The molecule has 296 valence electrons. The number of nitrogens with zero attached hydrogens (tertiary/aromatic N) is 1. The van der Waals surface area contributed by atoms with Gasteiger partial charge in [0.1, 0.15) is 6.61 Å². The van der Waals surface area contributed by atoms with Crippen molar-refractivity contribution in [2.75, 3.05) is 41.0 Å². The van der Waals surface area contributed by atoms with Gasteiger partial charge < -0.3 is 23.8 Å². The summed E-state index contributed by atoms with van der Waals surface area (Å²) in [7, 11) is 5.51. The van der Waals surface area contributed by atoms with Gasteiger partial charge in [-0.25, -0.2) is 4.79 Å². The van der Waals surface area contributed by atoms with E-state index in [0.29, 0.717) is 19.3 Å². The minimum absolute atomic E-state index is 0.0511. The fourth-order valence-corrected chi connectivity index (χ4v) is 5.87. The lowest BCUT2D eigenvalue weighted by Crippen LogP contribution is -2.50. The molecule has 0 aliphatic rings. The maximum Gasteiger partial charge on any atom is 0.362 e. The summed E-state index contributed by atoms with van der Waals surface area (Å²) in [5.41, 5.74) is 0. The van der Waals surface area contributed by atoms with Gasteiger partial charge in [0.25, 0.3) is 0 Å². The van der Waals surface area contributed by atoms with Crippen LogP contribution in [0.4, 0.5) is 0 Å². The minimum atomic E-state index is -0.880. The molecule has 0 saturated heterocycles. The molecule has 0 saturated carbocycles. The number of carboxylic acids is 1. The first-order valence-corrected chi connectivity index (χ1v) is 20.5. The second kappa shape index (κ2) is 34.6. The van der Waals surface area contributed by atoms with Crippen LogP contribution in [0.5, 0.6) is 0 Å². The van der Waals surface area contributed by atoms with Crippen LogP contribution in [0.1, 0.15) is 168 Å². The summed E-state index contributed by atoms with van der Waals surface area (Å²) in [6, 6.07) is -0.617. The predicted octanol–water partition coefficient (Wildman–Crippen LogP) is 10.7. The Labute approximate surface area is 313 Å². The Hall–Kier alpha value is -2.45. The predicted molar refractivity (Wildman–Crippen MR) is 211 cm³/mol. The second-order valence-electron chi connectivity index (χ2n) is 14.9. The average Bonchev–Trinajstić information content (AvgIpc) is 3.08. The number of esters is 2. The fraction of sp³-hybridized carbons (Fsp3) is 0.791. The van der Waals surface area contributed by atoms with E-state index >= 15 is 0 Å². The van der Waals surface area contributed by atoms with Gasteiger partial charge >= 0.3 is 17.9 Å². The Balaban J connectivity index is 4.42. The first-order chi connectivity index (χ1) is 24.6. The Kier molecular flexibility index (Phi) is 33.0. The van der Waals surface area contributed by atoms with E-state index in [9.17, 15) is 19.5 Å². The standard InChI is InChI=1S/C43H77NO7/c1-6-8-10-12-14-16-18-20-22-23-25-27-29-31-33-41(45)50-38-39(37-49-36-35-40(43(47)48)44(3,4)5)51-42(46)34-32-30-28-26-24-21-19-17-15-13-11-9-7-2/h9,11,15,17,21,24,39-40H,6-8,10,12-14,16,18-20,22-23,25-38H2,1-5H3/p+1/b11-9-,17-15-,24-21-. The van der Waals surface area contributed by atoms with Crippen molar-refractivity contribution in [3.05, 3.63) is 36.5 Å². The molecule has 0 rings (SSSR count). The molecule has 0 radical (unpaired) electrons. The SMILES string of the molecule is CC/C=C\C/C=C\C/C=C\CCCCCC(=O)OC(COCCC(C(=O)O)[N+](C)(C)C)COC(=O)CCCCCCCCCCCCCCCC. The number of hydrogen-bond donors (Lipinski definition) is 1. The molecule has 2 atom stereocenters. The molecular weight excluding hydrogens is 642 g/mol. The Morgan fingerprint density at radius 2 is 1.10 bits per heavy atom. The molecule has 0 amide bonds. The summed E-state index contributed by atoms with van der Waals surface area (Å²) in [4.78, 5) is 36.8. The van der Waals surface area contributed by atoms with Crippen LogP contribution in [-0.4, -0.2) is 80.6 Å². The molecule has 0 aromatic carbocycles. The monoisotopic (exact) mass is 721 g/mol. The van der Waals surface area contributed by atoms with Crippen LogP contribution >= 0.6 is 0 Å². The van der Waals surface area contributed by atoms with Gasteiger partial charge in [0, 0.05) is 19.3 Å². The zero-order valence-corrected chi connectivity index (χ0v) is 33.6. The number of aliphatic carboxylic acids is 1. The Morgan fingerprint density at radius 3 is 1.63 bits per heavy atom. The molecule has 1 N–H and O–H groups in total. The Morgan fingerprint density at radius 1 is 0.608 bits per heavy atom. The maximum absolute atomic E-state index is 12.7. The molecule has 0 aliphatic carbocycles. The largest absolute Gasteiger partial charge is 0.477 e. The van der Waals surface area contributed by atoms with Crippen molar-refractivity contribution < 1.29 is 38.2 Å². The van der Waals surface area contributed by atoms with Crippen molar-refractivity contribution in [3.8, 4) is 0 Å². The van der Waals surface area contributed by atoms with Gasteiger partial charge in [0.15, 0.2) is 12.1 Å². The van der Waals surface area contributed by atoms with Crippen LogP contribution in [-0.2, 0) is 28.6 Å². The molecule has 8 heteroatoms. The lowest BCUT2D eigenvalue weighted by Gasteiger charge is -2.31. The van der Waals surface area contributed by atoms with Crippen molar-refractivity contribution in [3.63, 3.8) is 0 Å². The second-order valence-corrected chi connectivity index (χ2v) is 14.9. The normalized spacial score (nSPS) is 13.4. The molecule has 51 heavy (non-hydrogen) atoms. The van der Waals surface area contributed by atoms with Crippen LogP contribution in [0.2, 0.25) is 0 Å². The van der Waals surface area contributed by atoms with Crippen molar-refractivity contribution in [2.45, 2.75) is 180 Å². The quantitative estimate of drug-likeness (QED) is 0.0298. The van der Waals surface area contributed by atoms with Crippen LogP contribution in [0, 0.1) is 0 Å². The number of rotatable bonds is 36. The summed E-state index contributed by atoms with van der Waals surface area (Å²) in [5, 5.41) is 9.59. The lowest BCUT2D eigenvalue weighted by molar-refractivity contribution is -0.887. The maximum atomic E-state index is 12.7. The van der Waals surface area contributed by atoms with Gasteiger partial charge in [-0.1, -0.05) is 140 Å². The van der Waals surface area contributed by atoms with E-state index in [2.05, 4.69) is 50.3 Å². The average molecular weight is 721 g/mol. The number of carbonyl (C=O) groups is 3. The number of carboxylic acid groups (broad SMARTS) is 1. The molecule has 0 bridgehead atoms. The highest BCUT2D eigenvalue weighted by Gasteiger charge is 2.31. The van der Waals surface area contributed by atoms with E-state index in [1.165, 1.54) is 70.6 Å². The number of hydrogen-bond acceptors (Lipinski definition) is 6. The first-order valence-electron chi connectivity index (χ1n) is 20.5. The molecule has 8 nitrogen and oxygen atoms in total. The summed E-state index contributed by atoms with van der Waals surface area (Å²) in [6.45, 7) is 4.59. The highest BCUT2D eigenvalue weighted by Crippen LogP contribution is 2.14. The fourth-order valence-electron chi connectivity index (χ4n) is 5.87. The van der Waals surface area contributed by atoms with E-state index in [-0.39, 0.29) is 36.2 Å². The highest BCUT2D eigenvalue weighted by atomic mass is 16.6. The molecule has 0 aromatic rings. The van der Waals surface area contributed by atoms with Gasteiger partial charge in [0.05, 0.1) is 34.4 Å². The Bertz CT molecular complexity index is 937. The van der Waals surface area contributed by atoms with Crippen molar-refractivity contribution in [1.82, 2.24) is 0 Å². The highest BCUT2D eigenvalue weighted by molar-refractivity contribution is 5.72. The zero-order chi connectivity index (χ0) is 37.8. The molecule has 0 spiro atoms. The van der Waals surface area contributed by atoms with Gasteiger partial charge in [0.2, 0.25) is 0 Å². The number of allylic oxidation sites excluding steroid dienone is 6. The van der Waals surface area contributed by atoms with Gasteiger partial charge in [-0.3, -0.25) is 9.59 Å². The summed E-state index contributed by atoms with van der Waals surface area (Å²) < 4.78 is 17.2. The third-order valence-electron chi connectivity index (χ3n) is 9.05. The molecule has 0 aliphatic heterocycles. The summed E-state index contributed by atoms with van der Waals surface area (Å²) in [5.74, 6) is -1.50. The van der Waals surface area contributed by atoms with Gasteiger partial charge in [-0.15, -0.1) is 0 Å². The molecule has 2 unspecified atom stereocenters. The van der Waals surface area contributed by atoms with E-state index in [1.54, 1.807) is 0 Å². The lowest BCUT2D eigenvalue weighted by atomic mass is 10.0. The molecular formula is C43H78NO7+. The third-order valence-corrected chi connectivity index (χ3v) is 9.05. The van der Waals surface area contributed by atoms with E-state index < -0.39 is 18.1 Å². The van der Waals surface area contributed by atoms with Crippen molar-refractivity contribution in [1.29, 1.82) is 0 Å². The van der Waals surface area contributed by atoms with E-state index in [0.717, 1.165) is 64.2 Å². The van der Waals surface area contributed by atoms with Crippen LogP contribution < -0.4 is 0 Å². The number of carbonyl (C=O) groups excluding carboxylic acids is 2. The number of quaternary nitrogens is 1. The molecule has 0 heterocycles. The van der Waals surface area contributed by atoms with Crippen LogP contribution in [0.15, 0.2) is 36.5 Å². The topological polar surface area (TPSA) is 99.1 Å². The van der Waals surface area contributed by atoms with Crippen LogP contribution in [0.25, 0.3) is 0 Å². The van der Waals surface area contributed by atoms with Gasteiger partial charge in [-0.05, 0) is 44.9 Å². The smallest absolute Gasteiger partial charge is 0.362 e. The van der Waals surface area contributed by atoms with E-state index in [1.807, 2.05) is 21.1 Å². The molecule has 0 fully saturated rings. The summed E-state index contributed by atoms with van der Waals surface area (Å²) in [6.07, 6.45) is 37.6. The minimum Gasteiger partial charge on any atom is -0.477 e. The van der Waals surface area contributed by atoms with E-state index in [4.69, 9.17) is 14.2 Å². The van der Waals surface area contributed by atoms with Crippen molar-refractivity contribution >= 4 is 17.9 Å². The third kappa shape index (κ3) is 33.2. The van der Waals surface area contributed by atoms with Crippen LogP contribution in [0.3, 0.4) is 0 Å². The number of unbranched alkanes of at least 4 members (excludes halogenated alkanes) is 16. The molecule has 0 aromatic heterocycles. The van der Waals surface area contributed by atoms with Gasteiger partial charge in [-0.2, -0.15) is 0 Å².